The predicted molar refractivity (Wildman–Crippen MR) is 474 cm³/mol. The molecule has 106 heavy (non-hydrogen) atoms. The number of hydrogen-bond donors (Lipinski definition) is 0. The number of Topliss-reactive ketones (excluding diaryl/α,β-unsaturated/α-hetero) is 2. The van der Waals surface area contributed by atoms with Crippen LogP contribution in [0.25, 0.3) is 48.6 Å². The van der Waals surface area contributed by atoms with Crippen molar-refractivity contribution in [2.45, 2.75) is 143 Å². The highest BCUT2D eigenvalue weighted by Crippen LogP contribution is 2.24. The van der Waals surface area contributed by atoms with Gasteiger partial charge in [0.15, 0.2) is 5.78 Å². The van der Waals surface area contributed by atoms with Gasteiger partial charge >= 0.3 is 0 Å². The molecule has 10 aromatic carbocycles. The number of hydrogen-bond acceptors (Lipinski definition) is 6. The average molecular weight is 1540 g/mol. The Hall–Kier alpha value is -9.58. The minimum Gasteiger partial charge on any atom is -0.496 e. The summed E-state index contributed by atoms with van der Waals surface area (Å²) in [7, 11) is 5.15. The molecule has 0 saturated heterocycles. The second-order valence-corrected chi connectivity index (χ2v) is 25.9. The lowest BCUT2D eigenvalue weighted by molar-refractivity contribution is -0.120. The second kappa shape index (κ2) is 53.2. The third kappa shape index (κ3) is 37.4. The van der Waals surface area contributed by atoms with Gasteiger partial charge in [0.1, 0.15) is 17.3 Å². The van der Waals surface area contributed by atoms with Crippen molar-refractivity contribution in [2.24, 2.45) is 5.92 Å². The molecule has 10 rings (SSSR count). The van der Waals surface area contributed by atoms with E-state index in [1.165, 1.54) is 113 Å². The zero-order chi connectivity index (χ0) is 74.0. The highest BCUT2D eigenvalue weighted by molar-refractivity contribution is 14.0. The van der Waals surface area contributed by atoms with Gasteiger partial charge in [0.2, 0.25) is 0 Å². The number of allylic oxidation sites excluding steroid dienone is 1. The molecule has 0 heterocycles. The lowest BCUT2D eigenvalue weighted by atomic mass is 9.98. The van der Waals surface area contributed by atoms with E-state index in [9.17, 15) is 9.59 Å². The Morgan fingerprint density at radius 1 is 0.425 bits per heavy atom. The smallest absolute Gasteiger partial charge is 0.154 e. The summed E-state index contributed by atoms with van der Waals surface area (Å²) >= 11 is 0. The quantitative estimate of drug-likeness (QED) is 0.0341. The molecule has 0 fully saturated rings. The molecule has 8 heteroatoms. The van der Waals surface area contributed by atoms with Crippen LogP contribution in [0.3, 0.4) is 0 Å². The van der Waals surface area contributed by atoms with E-state index in [2.05, 4.69) is 291 Å². The number of benzene rings is 10. The Bertz CT molecular complexity index is 4230. The van der Waals surface area contributed by atoms with E-state index >= 15 is 0 Å². The van der Waals surface area contributed by atoms with E-state index in [-0.39, 0.29) is 58.1 Å². The maximum absolute atomic E-state index is 10.4. The Morgan fingerprint density at radius 3 is 1.08 bits per heavy atom. The van der Waals surface area contributed by atoms with Gasteiger partial charge in [-0.05, 0) is 215 Å². The van der Waals surface area contributed by atoms with Gasteiger partial charge in [0.25, 0.3) is 0 Å². The van der Waals surface area contributed by atoms with E-state index < -0.39 is 0 Å². The zero-order valence-corrected chi connectivity index (χ0v) is 66.6. The van der Waals surface area contributed by atoms with Gasteiger partial charge in [-0.3, -0.25) is 14.3 Å². The molecule has 0 spiro atoms. The minimum absolute atomic E-state index is 0. The molecule has 566 valence electrons. The van der Waals surface area contributed by atoms with E-state index in [1.54, 1.807) is 35.2 Å². The molecule has 0 saturated carbocycles. The monoisotopic (exact) mass is 1540 g/mol. The molecule has 1 unspecified atom stereocenters. The first-order valence-corrected chi connectivity index (χ1v) is 35.5. The molecule has 10 aromatic rings. The molecule has 0 amide bonds. The van der Waals surface area contributed by atoms with Crippen LogP contribution in [0, 0.1) is 47.5 Å². The molecular weight excluding hydrogens is 1420 g/mol. The van der Waals surface area contributed by atoms with E-state index in [1.807, 2.05) is 57.2 Å². The van der Waals surface area contributed by atoms with E-state index in [0.717, 1.165) is 49.2 Å². The summed E-state index contributed by atoms with van der Waals surface area (Å²) in [6.07, 6.45) is 22.3. The number of rotatable bonds is 24. The van der Waals surface area contributed by atoms with Crippen molar-refractivity contribution < 1.29 is 36.1 Å². The molecule has 0 aromatic heterocycles. The molecule has 0 radical (unpaired) electrons. The van der Waals surface area contributed by atoms with Crippen LogP contribution in [0.4, 0.5) is 4.70 Å². The van der Waals surface area contributed by atoms with Crippen molar-refractivity contribution >= 4 is 84.2 Å². The fraction of sp³-hybridized carbons (Fsp3) is 0.265. The molecule has 6 nitrogen and oxygen atoms in total. The summed E-state index contributed by atoms with van der Waals surface area (Å²) in [4.78, 5) is 20.4. The van der Waals surface area contributed by atoms with Crippen molar-refractivity contribution in [1.82, 2.24) is 0 Å². The van der Waals surface area contributed by atoms with E-state index in [4.69, 9.17) is 18.9 Å². The number of aryl methyl sites for hydroxylation is 10. The zero-order valence-electron chi connectivity index (χ0n) is 64.3. The maximum Gasteiger partial charge on any atom is 0.154 e. The Kier molecular flexibility index (Phi) is 47.4. The lowest BCUT2D eigenvalue weighted by Gasteiger charge is -2.08. The molecular formula is C98H124FIO6. The van der Waals surface area contributed by atoms with Gasteiger partial charge in [-0.1, -0.05) is 312 Å². The molecule has 0 N–H and O–H groups in total. The fourth-order valence-electron chi connectivity index (χ4n) is 10.2. The number of ketones is 2. The Labute approximate surface area is 658 Å². The summed E-state index contributed by atoms with van der Waals surface area (Å²) in [6.45, 7) is 29.1. The summed E-state index contributed by atoms with van der Waals surface area (Å²) in [5.41, 5.74) is 26.2. The van der Waals surface area contributed by atoms with Crippen molar-refractivity contribution in [2.75, 3.05) is 27.9 Å². The van der Waals surface area contributed by atoms with Crippen LogP contribution in [0.1, 0.15) is 177 Å². The highest BCUT2D eigenvalue weighted by atomic mass is 127. The average Bonchev–Trinajstić information content (AvgIpc) is 0.884. The van der Waals surface area contributed by atoms with Crippen LogP contribution in [-0.2, 0) is 58.0 Å². The van der Waals surface area contributed by atoms with Gasteiger partial charge in [-0.25, -0.2) is 0 Å². The summed E-state index contributed by atoms with van der Waals surface area (Å²) in [5, 5.41) is 0. The fourth-order valence-corrected chi connectivity index (χ4v) is 10.2. The summed E-state index contributed by atoms with van der Waals surface area (Å²) < 4.78 is 21.1. The minimum atomic E-state index is 0. The molecule has 0 aliphatic carbocycles. The van der Waals surface area contributed by atoms with Crippen LogP contribution in [0.15, 0.2) is 243 Å². The third-order valence-electron chi connectivity index (χ3n) is 17.1. The highest BCUT2D eigenvalue weighted by Gasteiger charge is 2.06. The van der Waals surface area contributed by atoms with Crippen LogP contribution in [0.2, 0.25) is 0 Å². The normalized spacial score (nSPS) is 10.6. The topological polar surface area (TPSA) is 71.1 Å². The van der Waals surface area contributed by atoms with Gasteiger partial charge in [0.05, 0.1) is 26.9 Å². The third-order valence-corrected chi connectivity index (χ3v) is 17.1. The predicted octanol–water partition coefficient (Wildman–Crippen LogP) is 26.9. The van der Waals surface area contributed by atoms with Crippen molar-refractivity contribution in [3.63, 3.8) is 0 Å². The van der Waals surface area contributed by atoms with E-state index in [0.29, 0.717) is 31.2 Å². The van der Waals surface area contributed by atoms with Gasteiger partial charge in [-0.15, -0.1) is 24.0 Å². The summed E-state index contributed by atoms with van der Waals surface area (Å²) in [6, 6.07) is 81.2. The van der Waals surface area contributed by atoms with Gasteiger partial charge in [0, 0.05) is 28.6 Å². The van der Waals surface area contributed by atoms with Crippen molar-refractivity contribution in [3.8, 4) is 11.5 Å². The maximum atomic E-state index is 10.4. The van der Waals surface area contributed by atoms with Gasteiger partial charge < -0.3 is 18.9 Å². The SMILES string of the molecule is C.C.C=C(C)C(C)=O.CCC(C)C(C)=O.CCOc1ccc(/C=C/c2ccc(C)cc2)cc1.COCc1ccc(/C=C/c2ccc(CCc3cc(C)ccc3C)cc2)cc1.COCc1ccc(/C=C/c2ccccc2)cc1.COc1ccc(C)cc1/C=C/c1ccc(CCc2cc(C)ccc2C)cc1.F.I.[2HH].[HH]. The number of carbonyl (C=O) groups is 2. The van der Waals surface area contributed by atoms with Crippen molar-refractivity contribution in [3.05, 3.63) is 354 Å². The lowest BCUT2D eigenvalue weighted by Crippen LogP contribution is -2.03. The number of ether oxygens (including phenoxy) is 4. The molecule has 0 bridgehead atoms. The standard InChI is InChI=1S/2C26H28O.C17H18O.C16H16O.C6H12O.C5H8O.2CH4.FH.HI.2H2/c1-19-5-7-21(3)24(17-19)14-12-22-8-10-23(11-9-22)13-15-25-18-20(2)6-16-26(25)27-4;1-20-4-5-21(2)26(18-20)17-16-24-10-8-22(9-11-24)6-7-23-12-14-25(15-13-23)19-27-3;1-3-18-17-12-10-16(11-13-17)9-8-15-6-4-14(2)5-7-15;1-17-13-16-11-9-15(10-12-16)8-7-14-5-3-2-4-6-14;1-4-5(2)6(3)7;1-4(2)5(3)6;;;;;;/h5-11,13,15-18H,12,14H2,1-4H3;4-15,18H,16-17,19H2,1-3H3;4-13H,3H2,1-2H3;2-12H,13H2,1H3;5H,4H2,1-3H3;1H2,2-3H3;2*1H4;4*1H/b15-13+;7-6+;9-8+;8-7+;;;;;;;;/i;;;;;;;;;;1+1;. The number of halogens is 2. The Morgan fingerprint density at radius 2 is 0.745 bits per heavy atom. The molecule has 0 aliphatic rings. The van der Waals surface area contributed by atoms with Crippen molar-refractivity contribution in [1.29, 1.82) is 0 Å². The van der Waals surface area contributed by atoms with Crippen LogP contribution in [-0.4, -0.2) is 39.5 Å². The first-order valence-electron chi connectivity index (χ1n) is 35.5. The van der Waals surface area contributed by atoms with Crippen LogP contribution in [0.5, 0.6) is 11.5 Å². The first-order chi connectivity index (χ1) is 49.2. The molecule has 1 atom stereocenters. The summed E-state index contributed by atoms with van der Waals surface area (Å²) in [5.74, 6) is 2.45. The van der Waals surface area contributed by atoms with Crippen LogP contribution >= 0.6 is 24.0 Å². The number of methoxy groups -OCH3 is 3. The van der Waals surface area contributed by atoms with Gasteiger partial charge in [-0.2, -0.15) is 0 Å². The largest absolute Gasteiger partial charge is 0.496 e. The first kappa shape index (κ1) is 94.4. The van der Waals surface area contributed by atoms with Crippen LogP contribution < -0.4 is 9.47 Å². The second-order valence-electron chi connectivity index (χ2n) is 25.9. The molecule has 0 aliphatic heterocycles. The number of carbonyl (C=O) groups excluding carboxylic acids is 2. The Balaban J connectivity index is 0.